The van der Waals surface area contributed by atoms with Gasteiger partial charge < -0.3 is 14.7 Å². The van der Waals surface area contributed by atoms with Gasteiger partial charge in [-0.3, -0.25) is 9.69 Å². The molecule has 0 bridgehead atoms. The fourth-order valence-electron chi connectivity index (χ4n) is 10.4. The maximum absolute atomic E-state index is 13.8. The van der Waals surface area contributed by atoms with Crippen molar-refractivity contribution in [2.24, 2.45) is 28.1 Å². The van der Waals surface area contributed by atoms with Crippen LogP contribution in [0.5, 0.6) is 0 Å². The summed E-state index contributed by atoms with van der Waals surface area (Å²) < 4.78 is 6.32. The largest absolute Gasteiger partial charge is 0.389 e. The van der Waals surface area contributed by atoms with Crippen molar-refractivity contribution in [2.75, 3.05) is 32.8 Å². The molecule has 2 saturated heterocycles. The zero-order chi connectivity index (χ0) is 31.5. The molecule has 0 aromatic heterocycles. The highest BCUT2D eigenvalue weighted by atomic mass is 16.5. The van der Waals surface area contributed by atoms with Crippen molar-refractivity contribution < 1.29 is 14.6 Å². The second-order valence-electron chi connectivity index (χ2n) is 17.9. The van der Waals surface area contributed by atoms with E-state index in [-0.39, 0.29) is 27.9 Å². The first-order valence-electron chi connectivity index (χ1n) is 18.5. The number of aliphatic hydroxyl groups is 1. The van der Waals surface area contributed by atoms with Gasteiger partial charge in [0.25, 0.3) is 0 Å². The normalized spacial score (nSPS) is 33.0. The van der Waals surface area contributed by atoms with Gasteiger partial charge in [0.1, 0.15) is 0 Å². The van der Waals surface area contributed by atoms with E-state index in [0.29, 0.717) is 12.3 Å². The number of ether oxygens (including phenoxy) is 1. The summed E-state index contributed by atoms with van der Waals surface area (Å²) in [5.41, 5.74) is -0.973. The topological polar surface area (TPSA) is 53.0 Å². The Bertz CT molecular complexity index is 905. The molecular formula is C38H70N2O3. The number of carbonyl (C=O) groups is 1. The van der Waals surface area contributed by atoms with Gasteiger partial charge in [0, 0.05) is 50.2 Å². The van der Waals surface area contributed by atoms with Crippen molar-refractivity contribution in [1.82, 2.24) is 9.80 Å². The zero-order valence-corrected chi connectivity index (χ0v) is 29.7. The third-order valence-corrected chi connectivity index (χ3v) is 12.8. The Morgan fingerprint density at radius 1 is 0.907 bits per heavy atom. The third kappa shape index (κ3) is 8.39. The lowest BCUT2D eigenvalue weighted by molar-refractivity contribution is -0.206. The van der Waals surface area contributed by atoms with Crippen LogP contribution in [0.1, 0.15) is 158 Å². The summed E-state index contributed by atoms with van der Waals surface area (Å²) in [5.74, 6) is 1.94. The molecule has 5 heteroatoms. The molecule has 1 N–H and O–H groups in total. The van der Waals surface area contributed by atoms with E-state index < -0.39 is 5.60 Å². The lowest BCUT2D eigenvalue weighted by Crippen LogP contribution is -2.67. The highest BCUT2D eigenvalue weighted by Gasteiger charge is 2.58. The van der Waals surface area contributed by atoms with Gasteiger partial charge in [0.05, 0.1) is 11.7 Å². The van der Waals surface area contributed by atoms with Gasteiger partial charge in [-0.2, -0.15) is 0 Å². The maximum Gasteiger partial charge on any atom is 0.223 e. The minimum atomic E-state index is -0.636. The van der Waals surface area contributed by atoms with Crippen molar-refractivity contribution >= 4 is 5.91 Å². The van der Waals surface area contributed by atoms with Crippen molar-refractivity contribution in [3.63, 3.8) is 0 Å². The summed E-state index contributed by atoms with van der Waals surface area (Å²) in [7, 11) is 0. The van der Waals surface area contributed by atoms with Gasteiger partial charge in [-0.05, 0) is 81.5 Å². The van der Waals surface area contributed by atoms with E-state index >= 15 is 0 Å². The number of rotatable bonds is 9. The number of carbonyl (C=O) groups excluding carboxylic acids is 1. The van der Waals surface area contributed by atoms with E-state index in [1.54, 1.807) is 0 Å². The van der Waals surface area contributed by atoms with Crippen molar-refractivity contribution in [3.05, 3.63) is 0 Å². The van der Waals surface area contributed by atoms with E-state index in [9.17, 15) is 9.90 Å². The van der Waals surface area contributed by atoms with Crippen LogP contribution < -0.4 is 0 Å². The Labute approximate surface area is 266 Å². The van der Waals surface area contributed by atoms with Crippen LogP contribution in [0.4, 0.5) is 0 Å². The van der Waals surface area contributed by atoms with E-state index in [4.69, 9.17) is 4.74 Å². The molecular weight excluding hydrogens is 532 g/mol. The molecule has 4 rings (SSSR count). The van der Waals surface area contributed by atoms with Gasteiger partial charge in [0.15, 0.2) is 0 Å². The van der Waals surface area contributed by atoms with Crippen LogP contribution in [0.2, 0.25) is 0 Å². The number of piperidine rings is 1. The van der Waals surface area contributed by atoms with E-state index in [2.05, 4.69) is 65.2 Å². The highest BCUT2D eigenvalue weighted by molar-refractivity contribution is 5.77. The Morgan fingerprint density at radius 2 is 1.58 bits per heavy atom. The van der Waals surface area contributed by atoms with Crippen LogP contribution in [0.25, 0.3) is 0 Å². The number of amides is 1. The summed E-state index contributed by atoms with van der Waals surface area (Å²) in [4.78, 5) is 18.6. The lowest BCUT2D eigenvalue weighted by atomic mass is 9.54. The van der Waals surface area contributed by atoms with Crippen LogP contribution in [0.15, 0.2) is 0 Å². The fraction of sp³-hybridized carbons (Fsp3) is 0.974. The minimum Gasteiger partial charge on any atom is -0.389 e. The third-order valence-electron chi connectivity index (χ3n) is 12.8. The van der Waals surface area contributed by atoms with Gasteiger partial charge in [-0.1, -0.05) is 92.9 Å². The molecule has 0 aromatic rings. The summed E-state index contributed by atoms with van der Waals surface area (Å²) in [6, 6.07) is 0. The minimum absolute atomic E-state index is 0.00164. The summed E-state index contributed by atoms with van der Waals surface area (Å²) in [6.07, 6.45) is 18.8. The van der Waals surface area contributed by atoms with Gasteiger partial charge in [-0.25, -0.2) is 0 Å². The van der Waals surface area contributed by atoms with E-state index in [1.807, 2.05) is 0 Å². The average molecular weight is 603 g/mol. The standard InChI is InChI=1S/C38H70N2O3/c1-9-30-16-14-17-31(24-30)25-32-27-39(21-15-23-43-32)33(41)26-34(2,3)28-36(6,7)40-22-20-38(42,35(4,5)29-40)37(8)18-12-10-11-13-19-37/h30-32,42H,9-29H2,1-8H3. The summed E-state index contributed by atoms with van der Waals surface area (Å²) >= 11 is 0. The van der Waals surface area contributed by atoms with Crippen molar-refractivity contribution in [2.45, 2.75) is 175 Å². The quantitative estimate of drug-likeness (QED) is 0.269. The second-order valence-corrected chi connectivity index (χ2v) is 17.9. The Hall–Kier alpha value is -0.650. The highest BCUT2D eigenvalue weighted by Crippen LogP contribution is 2.56. The molecule has 2 saturated carbocycles. The summed E-state index contributed by atoms with van der Waals surface area (Å²) in [6.45, 7) is 22.9. The Kier molecular flexibility index (Phi) is 11.5. The average Bonchev–Trinajstić information content (AvgIpc) is 3.30. The smallest absolute Gasteiger partial charge is 0.223 e. The van der Waals surface area contributed by atoms with Gasteiger partial charge in [0.2, 0.25) is 5.91 Å². The first-order chi connectivity index (χ1) is 20.1. The molecule has 4 fully saturated rings. The van der Waals surface area contributed by atoms with Gasteiger partial charge >= 0.3 is 0 Å². The van der Waals surface area contributed by atoms with Crippen LogP contribution in [-0.4, -0.2) is 70.8 Å². The molecule has 5 nitrogen and oxygen atoms in total. The molecule has 2 heterocycles. The molecule has 250 valence electrons. The fourth-order valence-corrected chi connectivity index (χ4v) is 10.4. The van der Waals surface area contributed by atoms with E-state index in [1.165, 1.54) is 57.8 Å². The number of hydrogen-bond donors (Lipinski definition) is 1. The number of hydrogen-bond acceptors (Lipinski definition) is 4. The van der Waals surface area contributed by atoms with Gasteiger partial charge in [-0.15, -0.1) is 0 Å². The molecule has 4 aliphatic rings. The predicted octanol–water partition coefficient (Wildman–Crippen LogP) is 8.62. The maximum atomic E-state index is 13.8. The Balaban J connectivity index is 1.35. The lowest BCUT2D eigenvalue weighted by Gasteiger charge is -2.61. The molecule has 1 amide bonds. The SMILES string of the molecule is CCC1CCCC(CC2CN(C(=O)CC(C)(C)CC(C)(C)N3CCC(O)(C4(C)CCCCCC4)C(C)(C)C3)CCCO2)C1. The first-order valence-corrected chi connectivity index (χ1v) is 18.5. The predicted molar refractivity (Wildman–Crippen MR) is 179 cm³/mol. The first kappa shape index (κ1) is 35.2. The molecule has 4 unspecified atom stereocenters. The van der Waals surface area contributed by atoms with E-state index in [0.717, 1.165) is 83.1 Å². The number of likely N-dealkylation sites (tertiary alicyclic amines) is 1. The molecule has 4 atom stereocenters. The number of nitrogens with zero attached hydrogens (tertiary/aromatic N) is 2. The monoisotopic (exact) mass is 603 g/mol. The molecule has 0 spiro atoms. The van der Waals surface area contributed by atoms with Crippen LogP contribution >= 0.6 is 0 Å². The van der Waals surface area contributed by atoms with Crippen LogP contribution in [0, 0.1) is 28.1 Å². The molecule has 43 heavy (non-hydrogen) atoms. The zero-order valence-electron chi connectivity index (χ0n) is 29.7. The second kappa shape index (κ2) is 14.0. The van der Waals surface area contributed by atoms with Crippen LogP contribution in [0.3, 0.4) is 0 Å². The van der Waals surface area contributed by atoms with Crippen molar-refractivity contribution in [3.8, 4) is 0 Å². The molecule has 0 radical (unpaired) electrons. The molecule has 2 aliphatic carbocycles. The molecule has 0 aromatic carbocycles. The van der Waals surface area contributed by atoms with Crippen LogP contribution in [-0.2, 0) is 9.53 Å². The van der Waals surface area contributed by atoms with Crippen molar-refractivity contribution in [1.29, 1.82) is 0 Å². The summed E-state index contributed by atoms with van der Waals surface area (Å²) in [5, 5.41) is 12.4. The molecule has 2 aliphatic heterocycles. The Morgan fingerprint density at radius 3 is 2.23 bits per heavy atom.